The van der Waals surface area contributed by atoms with Crippen molar-refractivity contribution < 1.29 is 31.4 Å². The fourth-order valence-corrected chi connectivity index (χ4v) is 2.64. The van der Waals surface area contributed by atoms with Gasteiger partial charge in [0.25, 0.3) is 0 Å². The standard InChI is InChI=1S/C18H17F5N4O2/c1-3-29-18(22,23)16-26-25-15-8-24-14(9-27(15)16)13-6-4-12(5-7-13)11(2)28-10-17(19,20)21/h4-9,11H,3,10H2,1-2H3/t11-/m1/s1. The highest BCUT2D eigenvalue weighted by molar-refractivity contribution is 5.60. The van der Waals surface area contributed by atoms with E-state index in [0.29, 0.717) is 16.8 Å². The SMILES string of the molecule is CCOC(F)(F)c1nnc2cnc(-c3ccc([C@@H](C)OCC(F)(F)F)cc3)cn12. The van der Waals surface area contributed by atoms with Gasteiger partial charge in [-0.3, -0.25) is 9.38 Å². The number of aromatic nitrogens is 4. The highest BCUT2D eigenvalue weighted by Gasteiger charge is 2.38. The van der Waals surface area contributed by atoms with Gasteiger partial charge < -0.3 is 9.47 Å². The monoisotopic (exact) mass is 416 g/mol. The summed E-state index contributed by atoms with van der Waals surface area (Å²) < 4.78 is 75.3. The Hall–Kier alpha value is -2.66. The zero-order valence-electron chi connectivity index (χ0n) is 15.5. The maximum Gasteiger partial charge on any atom is 0.418 e. The number of ether oxygens (including phenoxy) is 2. The molecule has 0 aliphatic carbocycles. The Bertz CT molecular complexity index is 973. The van der Waals surface area contributed by atoms with E-state index < -0.39 is 30.8 Å². The molecule has 0 aliphatic heterocycles. The molecule has 2 aromatic heterocycles. The Morgan fingerprint density at radius 3 is 2.38 bits per heavy atom. The lowest BCUT2D eigenvalue weighted by atomic mass is 10.1. The first-order chi connectivity index (χ1) is 13.6. The zero-order valence-corrected chi connectivity index (χ0v) is 15.5. The topological polar surface area (TPSA) is 61.5 Å². The van der Waals surface area contributed by atoms with Crippen LogP contribution in [0.25, 0.3) is 16.9 Å². The fourth-order valence-electron chi connectivity index (χ4n) is 2.64. The van der Waals surface area contributed by atoms with Crippen LogP contribution in [0.1, 0.15) is 31.3 Å². The van der Waals surface area contributed by atoms with Crippen LogP contribution in [0.15, 0.2) is 36.7 Å². The zero-order chi connectivity index (χ0) is 21.2. The molecule has 0 amide bonds. The van der Waals surface area contributed by atoms with Gasteiger partial charge in [-0.15, -0.1) is 10.2 Å². The summed E-state index contributed by atoms with van der Waals surface area (Å²) in [5.74, 6) is -0.677. The first-order valence-corrected chi connectivity index (χ1v) is 8.62. The molecule has 0 radical (unpaired) electrons. The van der Waals surface area contributed by atoms with Crippen LogP contribution in [-0.4, -0.2) is 39.0 Å². The third-order valence-corrected chi connectivity index (χ3v) is 4.05. The molecule has 156 valence electrons. The number of nitrogens with zero attached hydrogens (tertiary/aromatic N) is 4. The van der Waals surface area contributed by atoms with Crippen LogP contribution in [0.2, 0.25) is 0 Å². The molecule has 2 heterocycles. The van der Waals surface area contributed by atoms with E-state index in [0.717, 1.165) is 4.40 Å². The highest BCUT2D eigenvalue weighted by Crippen LogP contribution is 2.29. The van der Waals surface area contributed by atoms with Gasteiger partial charge >= 0.3 is 12.3 Å². The van der Waals surface area contributed by atoms with Crippen molar-refractivity contribution in [3.8, 4) is 11.3 Å². The predicted octanol–water partition coefficient (Wildman–Crippen LogP) is 4.52. The van der Waals surface area contributed by atoms with Crippen LogP contribution in [0.4, 0.5) is 22.0 Å². The summed E-state index contributed by atoms with van der Waals surface area (Å²) in [4.78, 5) is 4.17. The minimum absolute atomic E-state index is 0.119. The number of alkyl halides is 5. The molecular weight excluding hydrogens is 399 g/mol. The first-order valence-electron chi connectivity index (χ1n) is 8.62. The summed E-state index contributed by atoms with van der Waals surface area (Å²) in [5.41, 5.74) is 1.57. The summed E-state index contributed by atoms with van der Waals surface area (Å²) in [6.07, 6.45) is -6.17. The Kier molecular flexibility index (Phi) is 5.80. The van der Waals surface area contributed by atoms with Crippen molar-refractivity contribution in [3.05, 3.63) is 48.0 Å². The highest BCUT2D eigenvalue weighted by atomic mass is 19.4. The van der Waals surface area contributed by atoms with Gasteiger partial charge in [-0.05, 0) is 19.4 Å². The second kappa shape index (κ2) is 7.99. The maximum atomic E-state index is 14.1. The molecular formula is C18H17F5N4O2. The fraction of sp³-hybridized carbons (Fsp3) is 0.389. The molecule has 0 fully saturated rings. The maximum absolute atomic E-state index is 14.1. The molecule has 0 aliphatic rings. The lowest BCUT2D eigenvalue weighted by Gasteiger charge is -2.15. The van der Waals surface area contributed by atoms with Crippen LogP contribution in [0.3, 0.4) is 0 Å². The van der Waals surface area contributed by atoms with Crippen LogP contribution in [-0.2, 0) is 15.6 Å². The van der Waals surface area contributed by atoms with Crippen LogP contribution in [0.5, 0.6) is 0 Å². The van der Waals surface area contributed by atoms with Gasteiger partial charge in [0, 0.05) is 11.8 Å². The van der Waals surface area contributed by atoms with E-state index in [2.05, 4.69) is 19.9 Å². The predicted molar refractivity (Wildman–Crippen MR) is 92.2 cm³/mol. The van der Waals surface area contributed by atoms with E-state index in [1.165, 1.54) is 26.2 Å². The Balaban J connectivity index is 1.85. The number of benzene rings is 1. The van der Waals surface area contributed by atoms with Gasteiger partial charge in [0.15, 0.2) is 5.65 Å². The van der Waals surface area contributed by atoms with E-state index in [1.807, 2.05) is 0 Å². The lowest BCUT2D eigenvalue weighted by molar-refractivity contribution is -0.251. The van der Waals surface area contributed by atoms with E-state index in [-0.39, 0.29) is 12.3 Å². The van der Waals surface area contributed by atoms with Gasteiger partial charge in [0.05, 0.1) is 24.6 Å². The van der Waals surface area contributed by atoms with Crippen molar-refractivity contribution in [2.75, 3.05) is 13.2 Å². The summed E-state index contributed by atoms with van der Waals surface area (Å²) in [6, 6.07) is 6.40. The summed E-state index contributed by atoms with van der Waals surface area (Å²) in [5, 5.41) is 7.15. The van der Waals surface area contributed by atoms with Crippen LogP contribution in [0, 0.1) is 0 Å². The normalized spacial score (nSPS) is 13.8. The molecule has 0 saturated carbocycles. The minimum Gasteiger partial charge on any atom is -0.364 e. The third kappa shape index (κ3) is 4.85. The lowest BCUT2D eigenvalue weighted by Crippen LogP contribution is -2.21. The molecule has 1 atom stereocenters. The molecule has 0 spiro atoms. The average molecular weight is 416 g/mol. The molecule has 3 rings (SSSR count). The van der Waals surface area contributed by atoms with Crippen molar-refractivity contribution in [1.82, 2.24) is 19.6 Å². The number of halogens is 5. The number of hydrogen-bond donors (Lipinski definition) is 0. The van der Waals surface area contributed by atoms with Gasteiger partial charge in [0.2, 0.25) is 5.82 Å². The largest absolute Gasteiger partial charge is 0.418 e. The van der Waals surface area contributed by atoms with Crippen molar-refractivity contribution >= 4 is 5.65 Å². The molecule has 0 saturated heterocycles. The van der Waals surface area contributed by atoms with Crippen LogP contribution >= 0.6 is 0 Å². The van der Waals surface area contributed by atoms with Gasteiger partial charge in [-0.25, -0.2) is 0 Å². The number of hydrogen-bond acceptors (Lipinski definition) is 5. The summed E-state index contributed by atoms with van der Waals surface area (Å²) >= 11 is 0. The molecule has 0 unspecified atom stereocenters. The Labute approximate surface area is 162 Å². The van der Waals surface area contributed by atoms with Crippen molar-refractivity contribution in [3.63, 3.8) is 0 Å². The van der Waals surface area contributed by atoms with Crippen molar-refractivity contribution in [1.29, 1.82) is 0 Å². The van der Waals surface area contributed by atoms with E-state index in [1.54, 1.807) is 24.3 Å². The molecule has 0 bridgehead atoms. The Morgan fingerprint density at radius 2 is 1.76 bits per heavy atom. The van der Waals surface area contributed by atoms with E-state index in [9.17, 15) is 22.0 Å². The molecule has 29 heavy (non-hydrogen) atoms. The minimum atomic E-state index is -4.41. The summed E-state index contributed by atoms with van der Waals surface area (Å²) in [6.45, 7) is 1.38. The van der Waals surface area contributed by atoms with Gasteiger partial charge in [-0.2, -0.15) is 22.0 Å². The molecule has 0 N–H and O–H groups in total. The number of rotatable bonds is 7. The van der Waals surface area contributed by atoms with Crippen LogP contribution < -0.4 is 0 Å². The molecule has 6 nitrogen and oxygen atoms in total. The van der Waals surface area contributed by atoms with E-state index >= 15 is 0 Å². The first kappa shape index (κ1) is 21.1. The molecule has 3 aromatic rings. The molecule has 11 heteroatoms. The number of fused-ring (bicyclic) bond motifs is 1. The quantitative estimate of drug-likeness (QED) is 0.530. The van der Waals surface area contributed by atoms with Crippen molar-refractivity contribution in [2.45, 2.75) is 32.2 Å². The van der Waals surface area contributed by atoms with E-state index in [4.69, 9.17) is 4.74 Å². The van der Waals surface area contributed by atoms with Crippen molar-refractivity contribution in [2.24, 2.45) is 0 Å². The summed E-state index contributed by atoms with van der Waals surface area (Å²) in [7, 11) is 0. The molecule has 1 aromatic carbocycles. The van der Waals surface area contributed by atoms with Gasteiger partial charge in [-0.1, -0.05) is 24.3 Å². The Morgan fingerprint density at radius 1 is 1.07 bits per heavy atom. The second-order valence-corrected chi connectivity index (χ2v) is 6.16. The smallest absolute Gasteiger partial charge is 0.364 e. The van der Waals surface area contributed by atoms with Gasteiger partial charge in [0.1, 0.15) is 6.61 Å². The third-order valence-electron chi connectivity index (χ3n) is 4.05. The average Bonchev–Trinajstić information content (AvgIpc) is 3.10. The second-order valence-electron chi connectivity index (χ2n) is 6.16.